The molecule has 1 rings (SSSR count). The van der Waals surface area contributed by atoms with Gasteiger partial charge in [0.25, 0.3) is 5.91 Å². The van der Waals surface area contributed by atoms with E-state index in [4.69, 9.17) is 15.6 Å². The number of aryl methyl sites for hydroxylation is 1. The van der Waals surface area contributed by atoms with Crippen LogP contribution in [0.5, 0.6) is 0 Å². The molecular formula is C13H20N2O3. The van der Waals surface area contributed by atoms with Crippen molar-refractivity contribution in [2.24, 2.45) is 0 Å². The molecule has 0 aliphatic heterocycles. The van der Waals surface area contributed by atoms with Crippen LogP contribution < -0.4 is 5.73 Å². The van der Waals surface area contributed by atoms with Crippen molar-refractivity contribution in [2.75, 3.05) is 39.1 Å². The van der Waals surface area contributed by atoms with E-state index in [2.05, 4.69) is 0 Å². The lowest BCUT2D eigenvalue weighted by molar-refractivity contribution is 0.0656. The molecule has 0 unspecified atom stereocenters. The lowest BCUT2D eigenvalue weighted by atomic mass is 10.1. The number of aliphatic hydroxyl groups is 1. The number of nitrogens with zero attached hydrogens (tertiary/aromatic N) is 1. The zero-order chi connectivity index (χ0) is 13.5. The molecule has 0 atom stereocenters. The van der Waals surface area contributed by atoms with Crippen LogP contribution in [0.15, 0.2) is 18.2 Å². The average molecular weight is 252 g/mol. The summed E-state index contributed by atoms with van der Waals surface area (Å²) in [5.41, 5.74) is 7.83. The van der Waals surface area contributed by atoms with Crippen LogP contribution in [0.1, 0.15) is 15.9 Å². The van der Waals surface area contributed by atoms with Crippen molar-refractivity contribution in [1.82, 2.24) is 4.90 Å². The summed E-state index contributed by atoms with van der Waals surface area (Å²) in [6.07, 6.45) is 0. The number of benzene rings is 1. The maximum atomic E-state index is 12.2. The lowest BCUT2D eigenvalue weighted by Crippen LogP contribution is -2.36. The van der Waals surface area contributed by atoms with Gasteiger partial charge in [-0.05, 0) is 30.7 Å². The number of ether oxygens (including phenoxy) is 1. The zero-order valence-corrected chi connectivity index (χ0v) is 10.8. The first-order valence-electron chi connectivity index (χ1n) is 5.85. The molecule has 1 aromatic carbocycles. The Bertz CT molecular complexity index is 407. The van der Waals surface area contributed by atoms with E-state index in [1.807, 2.05) is 6.92 Å². The number of nitrogens with two attached hydrogens (primary N) is 1. The van der Waals surface area contributed by atoms with E-state index in [1.54, 1.807) is 30.2 Å². The summed E-state index contributed by atoms with van der Waals surface area (Å²) >= 11 is 0. The van der Waals surface area contributed by atoms with Gasteiger partial charge in [0.2, 0.25) is 0 Å². The molecule has 0 aliphatic rings. The number of anilines is 1. The molecule has 3 N–H and O–H groups in total. The molecular weight excluding hydrogens is 232 g/mol. The van der Waals surface area contributed by atoms with Gasteiger partial charge in [-0.1, -0.05) is 0 Å². The summed E-state index contributed by atoms with van der Waals surface area (Å²) in [5, 5.41) is 8.98. The summed E-state index contributed by atoms with van der Waals surface area (Å²) in [7, 11) is 1.58. The van der Waals surface area contributed by atoms with Crippen molar-refractivity contribution < 1.29 is 14.6 Å². The second-order valence-electron chi connectivity index (χ2n) is 4.08. The van der Waals surface area contributed by atoms with Crippen molar-refractivity contribution in [3.05, 3.63) is 29.3 Å². The fourth-order valence-corrected chi connectivity index (χ4v) is 1.63. The van der Waals surface area contributed by atoms with Crippen LogP contribution in [0.4, 0.5) is 5.69 Å². The van der Waals surface area contributed by atoms with Crippen molar-refractivity contribution in [3.63, 3.8) is 0 Å². The van der Waals surface area contributed by atoms with Crippen LogP contribution in [0.2, 0.25) is 0 Å². The quantitative estimate of drug-likeness (QED) is 0.729. The van der Waals surface area contributed by atoms with Crippen LogP contribution in [0.3, 0.4) is 0 Å². The topological polar surface area (TPSA) is 75.8 Å². The molecule has 0 heterocycles. The monoisotopic (exact) mass is 252 g/mol. The van der Waals surface area contributed by atoms with Crippen LogP contribution in [0.25, 0.3) is 0 Å². The van der Waals surface area contributed by atoms with E-state index in [1.165, 1.54) is 0 Å². The first kappa shape index (κ1) is 14.5. The van der Waals surface area contributed by atoms with Gasteiger partial charge in [-0.25, -0.2) is 0 Å². The third kappa shape index (κ3) is 3.72. The minimum Gasteiger partial charge on any atom is -0.399 e. The third-order valence-corrected chi connectivity index (χ3v) is 2.74. The van der Waals surface area contributed by atoms with Crippen LogP contribution >= 0.6 is 0 Å². The Morgan fingerprint density at radius 3 is 2.72 bits per heavy atom. The molecule has 0 aromatic heterocycles. The lowest BCUT2D eigenvalue weighted by Gasteiger charge is -2.21. The molecule has 0 aliphatic carbocycles. The van der Waals surface area contributed by atoms with Crippen molar-refractivity contribution >= 4 is 11.6 Å². The molecule has 0 saturated carbocycles. The molecule has 18 heavy (non-hydrogen) atoms. The highest BCUT2D eigenvalue weighted by atomic mass is 16.5. The summed E-state index contributed by atoms with van der Waals surface area (Å²) in [4.78, 5) is 13.8. The predicted octanol–water partition coefficient (Wildman–Crippen LogP) is 0.658. The Hall–Kier alpha value is -1.59. The Morgan fingerprint density at radius 1 is 1.44 bits per heavy atom. The van der Waals surface area contributed by atoms with Gasteiger partial charge in [-0.2, -0.15) is 0 Å². The molecule has 5 heteroatoms. The highest BCUT2D eigenvalue weighted by molar-refractivity contribution is 5.94. The number of hydrogen-bond donors (Lipinski definition) is 2. The van der Waals surface area contributed by atoms with Gasteiger partial charge in [0.1, 0.15) is 0 Å². The first-order valence-corrected chi connectivity index (χ1v) is 5.85. The van der Waals surface area contributed by atoms with Gasteiger partial charge in [0.15, 0.2) is 0 Å². The maximum absolute atomic E-state index is 12.2. The van der Waals surface area contributed by atoms with Crippen LogP contribution in [-0.4, -0.2) is 49.3 Å². The van der Waals surface area contributed by atoms with E-state index in [0.717, 1.165) is 5.56 Å². The number of rotatable bonds is 6. The molecule has 0 spiro atoms. The molecule has 0 radical (unpaired) electrons. The molecule has 5 nitrogen and oxygen atoms in total. The summed E-state index contributed by atoms with van der Waals surface area (Å²) < 4.78 is 4.95. The number of carbonyl (C=O) groups is 1. The summed E-state index contributed by atoms with van der Waals surface area (Å²) in [6, 6.07) is 5.17. The summed E-state index contributed by atoms with van der Waals surface area (Å²) in [6.45, 7) is 2.99. The van der Waals surface area contributed by atoms with Gasteiger partial charge < -0.3 is 20.5 Å². The van der Waals surface area contributed by atoms with Gasteiger partial charge >= 0.3 is 0 Å². The van der Waals surface area contributed by atoms with Crippen molar-refractivity contribution in [3.8, 4) is 0 Å². The highest BCUT2D eigenvalue weighted by Gasteiger charge is 2.15. The minimum atomic E-state index is -0.121. The fourth-order valence-electron chi connectivity index (χ4n) is 1.63. The van der Waals surface area contributed by atoms with Gasteiger partial charge in [-0.3, -0.25) is 4.79 Å². The molecule has 1 amide bonds. The Kier molecular flexibility index (Phi) is 5.61. The predicted molar refractivity (Wildman–Crippen MR) is 70.5 cm³/mol. The fraction of sp³-hybridized carbons (Fsp3) is 0.462. The number of carbonyl (C=O) groups excluding carboxylic acids is 1. The van der Waals surface area contributed by atoms with Gasteiger partial charge in [-0.15, -0.1) is 0 Å². The van der Waals surface area contributed by atoms with Crippen molar-refractivity contribution in [1.29, 1.82) is 0 Å². The zero-order valence-electron chi connectivity index (χ0n) is 10.8. The highest BCUT2D eigenvalue weighted by Crippen LogP contribution is 2.14. The second-order valence-corrected chi connectivity index (χ2v) is 4.08. The second kappa shape index (κ2) is 6.98. The number of methoxy groups -OCH3 is 1. The van der Waals surface area contributed by atoms with Gasteiger partial charge in [0.05, 0.1) is 13.2 Å². The van der Waals surface area contributed by atoms with E-state index in [9.17, 15) is 4.79 Å². The Morgan fingerprint density at radius 2 is 2.17 bits per heavy atom. The molecule has 1 aromatic rings. The number of nitrogen functional groups attached to an aromatic ring is 1. The van der Waals surface area contributed by atoms with Gasteiger partial charge in [0, 0.05) is 31.5 Å². The smallest absolute Gasteiger partial charge is 0.254 e. The van der Waals surface area contributed by atoms with Crippen molar-refractivity contribution in [2.45, 2.75) is 6.92 Å². The van der Waals surface area contributed by atoms with E-state index in [0.29, 0.717) is 30.9 Å². The normalized spacial score (nSPS) is 10.4. The maximum Gasteiger partial charge on any atom is 0.254 e. The molecule has 0 bridgehead atoms. The average Bonchev–Trinajstić information content (AvgIpc) is 2.37. The first-order chi connectivity index (χ1) is 8.60. The summed E-state index contributed by atoms with van der Waals surface area (Å²) in [5.74, 6) is -0.121. The van der Waals surface area contributed by atoms with E-state index in [-0.39, 0.29) is 12.5 Å². The molecule has 0 fully saturated rings. The largest absolute Gasteiger partial charge is 0.399 e. The third-order valence-electron chi connectivity index (χ3n) is 2.74. The Balaban J connectivity index is 2.83. The SMILES string of the molecule is COCCN(CCO)C(=O)c1ccc(N)c(C)c1. The number of aliphatic hydroxyl groups excluding tert-OH is 1. The standard InChI is InChI=1S/C13H20N2O3/c1-10-9-11(3-4-12(10)14)13(17)15(5-7-16)6-8-18-2/h3-4,9,16H,5-8,14H2,1-2H3. The Labute approximate surface area is 107 Å². The van der Waals surface area contributed by atoms with E-state index >= 15 is 0 Å². The molecule has 0 saturated heterocycles. The van der Waals surface area contributed by atoms with Crippen LogP contribution in [-0.2, 0) is 4.74 Å². The van der Waals surface area contributed by atoms with E-state index < -0.39 is 0 Å². The number of amides is 1. The molecule has 100 valence electrons. The van der Waals surface area contributed by atoms with Crippen LogP contribution in [0, 0.1) is 6.92 Å². The number of hydrogen-bond acceptors (Lipinski definition) is 4. The minimum absolute atomic E-state index is 0.0661.